The highest BCUT2D eigenvalue weighted by Crippen LogP contribution is 2.21. The van der Waals surface area contributed by atoms with Gasteiger partial charge in [0.15, 0.2) is 0 Å². The van der Waals surface area contributed by atoms with Gasteiger partial charge in [0.1, 0.15) is 18.4 Å². The Morgan fingerprint density at radius 1 is 1.22 bits per heavy atom. The zero-order valence-electron chi connectivity index (χ0n) is 12.2. The highest BCUT2D eigenvalue weighted by Gasteiger charge is 2.13. The van der Waals surface area contributed by atoms with E-state index in [0.717, 1.165) is 5.56 Å². The van der Waals surface area contributed by atoms with Crippen LogP contribution in [0.5, 0.6) is 5.75 Å². The van der Waals surface area contributed by atoms with E-state index in [1.54, 1.807) is 42.5 Å². The predicted molar refractivity (Wildman–Crippen MR) is 83.2 cm³/mol. The van der Waals surface area contributed by atoms with E-state index in [1.165, 1.54) is 6.07 Å². The van der Waals surface area contributed by atoms with Gasteiger partial charge >= 0.3 is 5.97 Å². The van der Waals surface area contributed by atoms with E-state index in [-0.39, 0.29) is 18.7 Å². The van der Waals surface area contributed by atoms with E-state index in [1.807, 2.05) is 0 Å². The van der Waals surface area contributed by atoms with Gasteiger partial charge in [-0.05, 0) is 30.2 Å². The Morgan fingerprint density at radius 2 is 1.87 bits per heavy atom. The van der Waals surface area contributed by atoms with Crippen LogP contribution in [-0.2, 0) is 17.8 Å². The van der Waals surface area contributed by atoms with E-state index in [9.17, 15) is 14.9 Å². The summed E-state index contributed by atoms with van der Waals surface area (Å²) in [7, 11) is 0. The number of rotatable bonds is 7. The molecule has 0 aromatic heterocycles. The Morgan fingerprint density at radius 3 is 2.48 bits per heavy atom. The molecule has 0 aliphatic heterocycles. The monoisotopic (exact) mass is 316 g/mol. The lowest BCUT2D eigenvalue weighted by Gasteiger charge is -2.09. The van der Waals surface area contributed by atoms with Crippen molar-refractivity contribution in [1.82, 2.24) is 0 Å². The number of nitro benzene ring substituents is 1. The summed E-state index contributed by atoms with van der Waals surface area (Å²) in [4.78, 5) is 21.2. The summed E-state index contributed by atoms with van der Waals surface area (Å²) >= 11 is 0. The molecule has 1 atom stereocenters. The number of carboxylic acids is 1. The van der Waals surface area contributed by atoms with Crippen LogP contribution in [-0.4, -0.2) is 22.0 Å². The van der Waals surface area contributed by atoms with Crippen molar-refractivity contribution in [3.63, 3.8) is 0 Å². The highest BCUT2D eigenvalue weighted by atomic mass is 16.6. The second-order valence-corrected chi connectivity index (χ2v) is 4.97. The lowest BCUT2D eigenvalue weighted by molar-refractivity contribution is -0.385. The fraction of sp³-hybridized carbons (Fsp3) is 0.188. The Balaban J connectivity index is 1.99. The molecule has 23 heavy (non-hydrogen) atoms. The van der Waals surface area contributed by atoms with Gasteiger partial charge in [0, 0.05) is 6.07 Å². The smallest absolute Gasteiger partial charge is 0.320 e. The maximum Gasteiger partial charge on any atom is 0.320 e. The molecule has 7 nitrogen and oxygen atoms in total. The minimum Gasteiger partial charge on any atom is -0.489 e. The average molecular weight is 316 g/mol. The van der Waals surface area contributed by atoms with Gasteiger partial charge in [-0.1, -0.05) is 24.3 Å². The number of carboxylic acid groups (broad SMARTS) is 1. The molecule has 7 heteroatoms. The molecule has 0 amide bonds. The zero-order chi connectivity index (χ0) is 16.8. The molecule has 0 fully saturated rings. The molecule has 0 radical (unpaired) electrons. The van der Waals surface area contributed by atoms with Gasteiger partial charge in [-0.2, -0.15) is 0 Å². The van der Waals surface area contributed by atoms with Crippen LogP contribution in [0.15, 0.2) is 48.5 Å². The molecular weight excluding hydrogens is 300 g/mol. The van der Waals surface area contributed by atoms with Gasteiger partial charge < -0.3 is 15.6 Å². The molecule has 2 rings (SSSR count). The van der Waals surface area contributed by atoms with Gasteiger partial charge in [0.25, 0.3) is 5.69 Å². The summed E-state index contributed by atoms with van der Waals surface area (Å²) in [5.41, 5.74) is 6.74. The lowest BCUT2D eigenvalue weighted by atomic mass is 10.1. The van der Waals surface area contributed by atoms with Crippen LogP contribution in [0.2, 0.25) is 0 Å². The van der Waals surface area contributed by atoms with Crippen molar-refractivity contribution in [3.05, 3.63) is 69.8 Å². The quantitative estimate of drug-likeness (QED) is 0.597. The molecule has 2 aromatic rings. The number of hydrogen-bond donors (Lipinski definition) is 2. The van der Waals surface area contributed by atoms with Gasteiger partial charge in [-0.15, -0.1) is 0 Å². The van der Waals surface area contributed by atoms with Crippen LogP contribution in [0.25, 0.3) is 0 Å². The first kappa shape index (κ1) is 16.4. The molecule has 0 saturated heterocycles. The number of hydrogen-bond acceptors (Lipinski definition) is 5. The third-order valence-electron chi connectivity index (χ3n) is 3.28. The molecule has 0 spiro atoms. The Hall–Kier alpha value is -2.93. The molecule has 120 valence electrons. The average Bonchev–Trinajstić information content (AvgIpc) is 2.54. The predicted octanol–water partition coefficient (Wildman–Crippen LogP) is 2.13. The maximum absolute atomic E-state index is 10.9. The summed E-state index contributed by atoms with van der Waals surface area (Å²) < 4.78 is 5.54. The van der Waals surface area contributed by atoms with Crippen LogP contribution in [0.1, 0.15) is 11.1 Å². The van der Waals surface area contributed by atoms with Gasteiger partial charge in [-0.3, -0.25) is 14.9 Å². The number of aliphatic carboxylic acids is 1. The standard InChI is InChI=1S/C16H16N2O5/c17-14(16(19)20)9-11-5-7-13(8-6-11)23-10-12-3-1-2-4-15(12)18(21)22/h1-8,14H,9-10,17H2,(H,19,20)/t14-/m0/s1. The summed E-state index contributed by atoms with van der Waals surface area (Å²) in [6.07, 6.45) is 0.222. The number of nitrogens with two attached hydrogens (primary N) is 1. The number of benzene rings is 2. The largest absolute Gasteiger partial charge is 0.489 e. The highest BCUT2D eigenvalue weighted by molar-refractivity contribution is 5.73. The SMILES string of the molecule is N[C@@H](Cc1ccc(OCc2ccccc2[N+](=O)[O-])cc1)C(=O)O. The van der Waals surface area contributed by atoms with Gasteiger partial charge in [-0.25, -0.2) is 0 Å². The molecule has 0 unspecified atom stereocenters. The van der Waals surface area contributed by atoms with E-state index >= 15 is 0 Å². The van der Waals surface area contributed by atoms with Crippen LogP contribution in [0.4, 0.5) is 5.69 Å². The molecule has 0 heterocycles. The summed E-state index contributed by atoms with van der Waals surface area (Å²) in [6.45, 7) is 0.0745. The van der Waals surface area contributed by atoms with Crippen molar-refractivity contribution in [1.29, 1.82) is 0 Å². The number of ether oxygens (including phenoxy) is 1. The van der Waals surface area contributed by atoms with E-state index in [0.29, 0.717) is 11.3 Å². The first-order valence-electron chi connectivity index (χ1n) is 6.90. The minimum absolute atomic E-state index is 0.0107. The topological polar surface area (TPSA) is 116 Å². The Bertz CT molecular complexity index is 700. The first-order chi connectivity index (χ1) is 11.0. The Kier molecular flexibility index (Phi) is 5.27. The molecule has 0 saturated carbocycles. The Labute approximate surface area is 132 Å². The second-order valence-electron chi connectivity index (χ2n) is 4.97. The first-order valence-corrected chi connectivity index (χ1v) is 6.90. The van der Waals surface area contributed by atoms with Gasteiger partial charge in [0.05, 0.1) is 10.5 Å². The number of nitro groups is 1. The number of carbonyl (C=O) groups is 1. The van der Waals surface area contributed by atoms with Crippen LogP contribution in [0.3, 0.4) is 0 Å². The molecule has 0 aliphatic rings. The van der Waals surface area contributed by atoms with E-state index < -0.39 is 16.9 Å². The fourth-order valence-electron chi connectivity index (χ4n) is 2.04. The maximum atomic E-state index is 10.9. The molecule has 0 aliphatic carbocycles. The molecule has 0 bridgehead atoms. The van der Waals surface area contributed by atoms with E-state index in [4.69, 9.17) is 15.6 Å². The van der Waals surface area contributed by atoms with Crippen molar-refractivity contribution in [3.8, 4) is 5.75 Å². The zero-order valence-corrected chi connectivity index (χ0v) is 12.2. The van der Waals surface area contributed by atoms with Gasteiger partial charge in [0.2, 0.25) is 0 Å². The summed E-state index contributed by atoms with van der Waals surface area (Å²) in [5, 5.41) is 19.7. The minimum atomic E-state index is -1.05. The number of nitrogens with zero attached hydrogens (tertiary/aromatic N) is 1. The van der Waals surface area contributed by atoms with Crippen molar-refractivity contribution < 1.29 is 19.6 Å². The molecule has 2 aromatic carbocycles. The number of para-hydroxylation sites is 1. The second kappa shape index (κ2) is 7.37. The van der Waals surface area contributed by atoms with Crippen molar-refractivity contribution in [2.75, 3.05) is 0 Å². The third kappa shape index (κ3) is 4.52. The summed E-state index contributed by atoms with van der Waals surface area (Å²) in [6, 6.07) is 12.2. The molecule has 3 N–H and O–H groups in total. The van der Waals surface area contributed by atoms with Crippen LogP contribution >= 0.6 is 0 Å². The summed E-state index contributed by atoms with van der Waals surface area (Å²) in [5.74, 6) is -0.516. The van der Waals surface area contributed by atoms with Crippen LogP contribution < -0.4 is 10.5 Å². The lowest BCUT2D eigenvalue weighted by Crippen LogP contribution is -2.32. The third-order valence-corrected chi connectivity index (χ3v) is 3.28. The molecular formula is C16H16N2O5. The van der Waals surface area contributed by atoms with Crippen molar-refractivity contribution >= 4 is 11.7 Å². The van der Waals surface area contributed by atoms with Crippen molar-refractivity contribution in [2.24, 2.45) is 5.73 Å². The van der Waals surface area contributed by atoms with E-state index in [2.05, 4.69) is 0 Å². The van der Waals surface area contributed by atoms with Crippen LogP contribution in [0, 0.1) is 10.1 Å². The normalized spacial score (nSPS) is 11.7. The fourth-order valence-corrected chi connectivity index (χ4v) is 2.04. The van der Waals surface area contributed by atoms with Crippen molar-refractivity contribution in [2.45, 2.75) is 19.1 Å².